The Bertz CT molecular complexity index is 573. The van der Waals surface area contributed by atoms with Crippen LogP contribution in [0.4, 0.5) is 0 Å². The van der Waals surface area contributed by atoms with E-state index in [1.807, 2.05) is 30.3 Å². The summed E-state index contributed by atoms with van der Waals surface area (Å²) in [5.41, 5.74) is 1.99. The van der Waals surface area contributed by atoms with Gasteiger partial charge in [-0.1, -0.05) is 31.0 Å². The fraction of sp³-hybridized carbons (Fsp3) is 0.526. The molecule has 124 valence electrons. The summed E-state index contributed by atoms with van der Waals surface area (Å²) in [6.45, 7) is 6.61. The molecule has 1 saturated heterocycles. The van der Waals surface area contributed by atoms with Crippen molar-refractivity contribution < 1.29 is 4.42 Å². The van der Waals surface area contributed by atoms with Crippen molar-refractivity contribution in [2.24, 2.45) is 0 Å². The largest absolute Gasteiger partial charge is 0.444 e. The quantitative estimate of drug-likeness (QED) is 0.883. The normalized spacial score (nSPS) is 17.8. The predicted octanol–water partition coefficient (Wildman–Crippen LogP) is 3.70. The Kier molecular flexibility index (Phi) is 5.83. The van der Waals surface area contributed by atoms with Gasteiger partial charge in [0.05, 0.1) is 5.69 Å². The van der Waals surface area contributed by atoms with E-state index in [9.17, 15) is 0 Å². The van der Waals surface area contributed by atoms with Crippen LogP contribution in [0.3, 0.4) is 0 Å². The molecule has 1 unspecified atom stereocenters. The number of aromatic nitrogens is 1. The van der Waals surface area contributed by atoms with Crippen molar-refractivity contribution in [1.29, 1.82) is 0 Å². The lowest BCUT2D eigenvalue weighted by atomic mass is 10.2. The Morgan fingerprint density at radius 2 is 1.87 bits per heavy atom. The number of nitrogens with one attached hydrogen (secondary N) is 1. The molecule has 1 N–H and O–H groups in total. The smallest absolute Gasteiger partial charge is 0.226 e. The Labute approximate surface area is 138 Å². The lowest BCUT2D eigenvalue weighted by Crippen LogP contribution is -2.39. The Morgan fingerprint density at radius 3 is 2.61 bits per heavy atom. The van der Waals surface area contributed by atoms with Crippen LogP contribution in [-0.2, 0) is 6.54 Å². The fourth-order valence-corrected chi connectivity index (χ4v) is 3.15. The molecule has 1 atom stereocenters. The van der Waals surface area contributed by atoms with E-state index >= 15 is 0 Å². The molecule has 0 amide bonds. The summed E-state index contributed by atoms with van der Waals surface area (Å²) in [5.74, 6) is 0.697. The first-order valence-corrected chi connectivity index (χ1v) is 8.77. The van der Waals surface area contributed by atoms with Gasteiger partial charge in [-0.25, -0.2) is 4.98 Å². The van der Waals surface area contributed by atoms with E-state index in [4.69, 9.17) is 4.42 Å². The van der Waals surface area contributed by atoms with E-state index in [2.05, 4.69) is 22.1 Å². The number of hydrogen-bond acceptors (Lipinski definition) is 4. The molecule has 23 heavy (non-hydrogen) atoms. The summed E-state index contributed by atoms with van der Waals surface area (Å²) in [5, 5.41) is 3.57. The second kappa shape index (κ2) is 8.27. The van der Waals surface area contributed by atoms with Crippen molar-refractivity contribution in [2.45, 2.75) is 45.2 Å². The van der Waals surface area contributed by atoms with Crippen LogP contribution < -0.4 is 5.32 Å². The van der Waals surface area contributed by atoms with E-state index < -0.39 is 0 Å². The fourth-order valence-electron chi connectivity index (χ4n) is 3.15. The van der Waals surface area contributed by atoms with Crippen molar-refractivity contribution in [3.05, 3.63) is 42.3 Å². The van der Waals surface area contributed by atoms with Crippen LogP contribution in [0.5, 0.6) is 0 Å². The lowest BCUT2D eigenvalue weighted by molar-refractivity contribution is 0.255. The molecular formula is C19H27N3O. The molecule has 2 aromatic rings. The molecule has 1 aliphatic rings. The zero-order valence-electron chi connectivity index (χ0n) is 14.0. The van der Waals surface area contributed by atoms with Crippen LogP contribution >= 0.6 is 0 Å². The summed E-state index contributed by atoms with van der Waals surface area (Å²) in [6, 6.07) is 10.5. The van der Waals surface area contributed by atoms with Crippen molar-refractivity contribution in [3.8, 4) is 11.5 Å². The minimum absolute atomic E-state index is 0.463. The molecule has 0 radical (unpaired) electrons. The van der Waals surface area contributed by atoms with Gasteiger partial charge in [0.15, 0.2) is 0 Å². The van der Waals surface area contributed by atoms with Gasteiger partial charge in [-0.15, -0.1) is 0 Å². The van der Waals surface area contributed by atoms with Gasteiger partial charge in [0.1, 0.15) is 6.26 Å². The summed E-state index contributed by atoms with van der Waals surface area (Å²) < 4.78 is 5.59. The molecule has 2 heterocycles. The number of hydrogen-bond donors (Lipinski definition) is 1. The third-order valence-electron chi connectivity index (χ3n) is 4.43. The highest BCUT2D eigenvalue weighted by Crippen LogP contribution is 2.17. The van der Waals surface area contributed by atoms with Crippen molar-refractivity contribution in [2.75, 3.05) is 19.6 Å². The number of oxazole rings is 1. The van der Waals surface area contributed by atoms with Crippen molar-refractivity contribution in [1.82, 2.24) is 15.2 Å². The molecular weight excluding hydrogens is 286 g/mol. The van der Waals surface area contributed by atoms with Gasteiger partial charge < -0.3 is 14.6 Å². The molecule has 1 aromatic carbocycles. The van der Waals surface area contributed by atoms with Crippen LogP contribution in [0.1, 0.15) is 38.3 Å². The van der Waals surface area contributed by atoms with E-state index in [0.717, 1.165) is 24.3 Å². The zero-order chi connectivity index (χ0) is 15.9. The topological polar surface area (TPSA) is 41.3 Å². The highest BCUT2D eigenvalue weighted by Gasteiger charge is 2.13. The van der Waals surface area contributed by atoms with E-state index in [0.29, 0.717) is 11.9 Å². The third-order valence-corrected chi connectivity index (χ3v) is 4.43. The number of likely N-dealkylation sites (tertiary alicyclic amines) is 1. The number of benzene rings is 1. The average molecular weight is 313 g/mol. The second-order valence-electron chi connectivity index (χ2n) is 6.51. The number of rotatable bonds is 6. The van der Waals surface area contributed by atoms with Gasteiger partial charge in [0.2, 0.25) is 5.89 Å². The first-order valence-electron chi connectivity index (χ1n) is 8.77. The maximum atomic E-state index is 5.59. The van der Waals surface area contributed by atoms with E-state index in [1.165, 1.54) is 38.8 Å². The van der Waals surface area contributed by atoms with E-state index in [-0.39, 0.29) is 0 Å². The number of nitrogens with zero attached hydrogens (tertiary/aromatic N) is 2. The zero-order valence-corrected chi connectivity index (χ0v) is 14.0. The highest BCUT2D eigenvalue weighted by atomic mass is 16.3. The van der Waals surface area contributed by atoms with Gasteiger partial charge in [-0.05, 0) is 45.0 Å². The standard InChI is InChI=1S/C19H27N3O/c1-16(14-22-11-7-2-3-8-12-22)20-13-18-15-23-19(21-18)17-9-5-4-6-10-17/h4-6,9-10,15-16,20H,2-3,7-8,11-14H2,1H3. The van der Waals surface area contributed by atoms with Gasteiger partial charge >= 0.3 is 0 Å². The molecule has 1 aromatic heterocycles. The average Bonchev–Trinajstić information content (AvgIpc) is 2.91. The van der Waals surface area contributed by atoms with Crippen LogP contribution in [0, 0.1) is 0 Å². The monoisotopic (exact) mass is 313 g/mol. The van der Waals surface area contributed by atoms with Crippen LogP contribution in [0.25, 0.3) is 11.5 Å². The minimum atomic E-state index is 0.463. The lowest BCUT2D eigenvalue weighted by Gasteiger charge is -2.24. The van der Waals surface area contributed by atoms with Crippen LogP contribution in [0.2, 0.25) is 0 Å². The summed E-state index contributed by atoms with van der Waals surface area (Å²) in [6.07, 6.45) is 7.22. The molecule has 4 heteroatoms. The van der Waals surface area contributed by atoms with Gasteiger partial charge in [-0.3, -0.25) is 0 Å². The van der Waals surface area contributed by atoms with Crippen molar-refractivity contribution in [3.63, 3.8) is 0 Å². The van der Waals surface area contributed by atoms with Gasteiger partial charge in [0.25, 0.3) is 0 Å². The van der Waals surface area contributed by atoms with Crippen molar-refractivity contribution >= 4 is 0 Å². The molecule has 3 rings (SSSR count). The SMILES string of the molecule is CC(CN1CCCCCC1)NCc1coc(-c2ccccc2)n1. The minimum Gasteiger partial charge on any atom is -0.444 e. The third kappa shape index (κ3) is 4.91. The molecule has 0 saturated carbocycles. The van der Waals surface area contributed by atoms with Crippen LogP contribution in [0.15, 0.2) is 41.0 Å². The maximum Gasteiger partial charge on any atom is 0.226 e. The molecule has 1 fully saturated rings. The van der Waals surface area contributed by atoms with E-state index in [1.54, 1.807) is 6.26 Å². The molecule has 1 aliphatic heterocycles. The molecule has 0 bridgehead atoms. The Hall–Kier alpha value is -1.65. The van der Waals surface area contributed by atoms with Gasteiger partial charge in [-0.2, -0.15) is 0 Å². The Morgan fingerprint density at radius 1 is 1.13 bits per heavy atom. The first kappa shape index (κ1) is 16.2. The summed E-state index contributed by atoms with van der Waals surface area (Å²) >= 11 is 0. The first-order chi connectivity index (χ1) is 11.3. The van der Waals surface area contributed by atoms with Crippen LogP contribution in [-0.4, -0.2) is 35.6 Å². The maximum absolute atomic E-state index is 5.59. The predicted molar refractivity (Wildman–Crippen MR) is 93.1 cm³/mol. The highest BCUT2D eigenvalue weighted by molar-refractivity contribution is 5.52. The molecule has 0 spiro atoms. The summed E-state index contributed by atoms with van der Waals surface area (Å²) in [4.78, 5) is 7.16. The summed E-state index contributed by atoms with van der Waals surface area (Å²) in [7, 11) is 0. The molecule has 0 aliphatic carbocycles. The molecule has 4 nitrogen and oxygen atoms in total. The Balaban J connectivity index is 1.47. The van der Waals surface area contributed by atoms with Gasteiger partial charge in [0, 0.05) is 24.7 Å². The second-order valence-corrected chi connectivity index (χ2v) is 6.51.